The van der Waals surface area contributed by atoms with Crippen LogP contribution in [0, 0.1) is 0 Å². The van der Waals surface area contributed by atoms with Gasteiger partial charge in [-0.05, 0) is 17.5 Å². The van der Waals surface area contributed by atoms with Crippen LogP contribution >= 0.6 is 0 Å². The molecule has 1 atom stereocenters. The van der Waals surface area contributed by atoms with Crippen LogP contribution in [-0.2, 0) is 6.42 Å². The van der Waals surface area contributed by atoms with Crippen molar-refractivity contribution in [1.29, 1.82) is 0 Å². The van der Waals surface area contributed by atoms with Gasteiger partial charge < -0.3 is 10.8 Å². The fourth-order valence-corrected chi connectivity index (χ4v) is 1.32. The Hall–Kier alpha value is -0.860. The normalized spacial score (nSPS) is 12.9. The van der Waals surface area contributed by atoms with Crippen LogP contribution < -0.4 is 5.73 Å². The highest BCUT2D eigenvalue weighted by atomic mass is 16.3. The van der Waals surface area contributed by atoms with Crippen molar-refractivity contribution in [3.63, 3.8) is 0 Å². The van der Waals surface area contributed by atoms with Crippen LogP contribution in [-0.4, -0.2) is 11.7 Å². The third-order valence-corrected chi connectivity index (χ3v) is 2.03. The zero-order chi connectivity index (χ0) is 8.97. The fraction of sp³-hybridized carbons (Fsp3) is 0.400. The van der Waals surface area contributed by atoms with E-state index in [1.54, 1.807) is 0 Å². The smallest absolute Gasteiger partial charge is 0.0624 e. The number of hydrogen-bond acceptors (Lipinski definition) is 2. The maximum absolute atomic E-state index is 8.88. The van der Waals surface area contributed by atoms with Crippen LogP contribution in [0.4, 0.5) is 0 Å². The standard InChI is InChI=1S/C10H15NO/c1-2-8-5-3-4-6-9(8)10(11)7-12/h3-6,10,12H,2,7,11H2,1H3/t10-/m0/s1. The first kappa shape index (κ1) is 9.23. The number of nitrogens with two attached hydrogens (primary N) is 1. The SMILES string of the molecule is CCc1ccccc1[C@@H](N)CO. The summed E-state index contributed by atoms with van der Waals surface area (Å²) in [5.74, 6) is 0. The van der Waals surface area contributed by atoms with E-state index in [2.05, 4.69) is 6.92 Å². The molecule has 0 aromatic heterocycles. The molecular weight excluding hydrogens is 150 g/mol. The number of hydrogen-bond donors (Lipinski definition) is 2. The number of aryl methyl sites for hydroxylation is 1. The molecule has 1 rings (SSSR count). The molecule has 0 aliphatic carbocycles. The molecular formula is C10H15NO. The highest BCUT2D eigenvalue weighted by Gasteiger charge is 2.06. The lowest BCUT2D eigenvalue weighted by molar-refractivity contribution is 0.267. The average Bonchev–Trinajstić information content (AvgIpc) is 2.16. The second-order valence-electron chi connectivity index (χ2n) is 2.84. The maximum Gasteiger partial charge on any atom is 0.0624 e. The average molecular weight is 165 g/mol. The lowest BCUT2D eigenvalue weighted by Crippen LogP contribution is -2.16. The van der Waals surface area contributed by atoms with Crippen LogP contribution in [0.15, 0.2) is 24.3 Å². The monoisotopic (exact) mass is 165 g/mol. The molecule has 0 radical (unpaired) electrons. The van der Waals surface area contributed by atoms with Gasteiger partial charge in [0.25, 0.3) is 0 Å². The zero-order valence-corrected chi connectivity index (χ0v) is 7.33. The van der Waals surface area contributed by atoms with Gasteiger partial charge in [0.1, 0.15) is 0 Å². The van der Waals surface area contributed by atoms with Gasteiger partial charge in [-0.2, -0.15) is 0 Å². The van der Waals surface area contributed by atoms with Crippen molar-refractivity contribution in [3.05, 3.63) is 35.4 Å². The minimum absolute atomic E-state index is 0.0109. The molecule has 0 saturated carbocycles. The van der Waals surface area contributed by atoms with Gasteiger partial charge in [0.15, 0.2) is 0 Å². The van der Waals surface area contributed by atoms with Crippen molar-refractivity contribution in [3.8, 4) is 0 Å². The molecule has 0 spiro atoms. The van der Waals surface area contributed by atoms with Gasteiger partial charge in [-0.3, -0.25) is 0 Å². The molecule has 2 heteroatoms. The molecule has 2 nitrogen and oxygen atoms in total. The highest BCUT2D eigenvalue weighted by Crippen LogP contribution is 2.15. The van der Waals surface area contributed by atoms with Crippen LogP contribution in [0.3, 0.4) is 0 Å². The fourth-order valence-electron chi connectivity index (χ4n) is 1.32. The van der Waals surface area contributed by atoms with E-state index in [1.165, 1.54) is 5.56 Å². The maximum atomic E-state index is 8.88. The van der Waals surface area contributed by atoms with Gasteiger partial charge in [0, 0.05) is 0 Å². The molecule has 0 bridgehead atoms. The molecule has 1 aromatic rings. The highest BCUT2D eigenvalue weighted by molar-refractivity contribution is 5.29. The second kappa shape index (κ2) is 4.24. The van der Waals surface area contributed by atoms with Crippen molar-refractivity contribution in [2.75, 3.05) is 6.61 Å². The minimum Gasteiger partial charge on any atom is -0.394 e. The van der Waals surface area contributed by atoms with E-state index in [9.17, 15) is 0 Å². The first-order chi connectivity index (χ1) is 5.79. The molecule has 0 aliphatic heterocycles. The van der Waals surface area contributed by atoms with Gasteiger partial charge in [-0.25, -0.2) is 0 Å². The van der Waals surface area contributed by atoms with Crippen LogP contribution in [0.1, 0.15) is 24.1 Å². The molecule has 12 heavy (non-hydrogen) atoms. The summed E-state index contributed by atoms with van der Waals surface area (Å²) in [6.45, 7) is 2.10. The summed E-state index contributed by atoms with van der Waals surface area (Å²) in [7, 11) is 0. The molecule has 0 amide bonds. The van der Waals surface area contributed by atoms with Crippen LogP contribution in [0.2, 0.25) is 0 Å². The summed E-state index contributed by atoms with van der Waals surface area (Å²) in [6.07, 6.45) is 0.962. The Kier molecular flexibility index (Phi) is 3.26. The van der Waals surface area contributed by atoms with E-state index in [4.69, 9.17) is 10.8 Å². The Balaban J connectivity index is 2.96. The van der Waals surface area contributed by atoms with Crippen molar-refractivity contribution in [2.24, 2.45) is 5.73 Å². The Bertz CT molecular complexity index is 247. The Morgan fingerprint density at radius 3 is 2.67 bits per heavy atom. The van der Waals surface area contributed by atoms with E-state index in [0.29, 0.717) is 0 Å². The molecule has 3 N–H and O–H groups in total. The van der Waals surface area contributed by atoms with Gasteiger partial charge >= 0.3 is 0 Å². The summed E-state index contributed by atoms with van der Waals surface area (Å²) in [6, 6.07) is 7.72. The predicted molar refractivity (Wildman–Crippen MR) is 49.8 cm³/mol. The molecule has 0 unspecified atom stereocenters. The molecule has 0 aliphatic rings. The second-order valence-corrected chi connectivity index (χ2v) is 2.84. The van der Waals surface area contributed by atoms with E-state index in [1.807, 2.05) is 24.3 Å². The topological polar surface area (TPSA) is 46.2 Å². The lowest BCUT2D eigenvalue weighted by atomic mass is 10.00. The first-order valence-corrected chi connectivity index (χ1v) is 4.23. The number of aliphatic hydroxyl groups is 1. The summed E-state index contributed by atoms with van der Waals surface area (Å²) in [5.41, 5.74) is 8.00. The van der Waals surface area contributed by atoms with Gasteiger partial charge in [-0.1, -0.05) is 31.2 Å². The quantitative estimate of drug-likeness (QED) is 0.708. The summed E-state index contributed by atoms with van der Waals surface area (Å²) in [4.78, 5) is 0. The molecule has 0 heterocycles. The van der Waals surface area contributed by atoms with Gasteiger partial charge in [0.2, 0.25) is 0 Å². The lowest BCUT2D eigenvalue weighted by Gasteiger charge is -2.12. The summed E-state index contributed by atoms with van der Waals surface area (Å²) >= 11 is 0. The van der Waals surface area contributed by atoms with E-state index in [-0.39, 0.29) is 12.6 Å². The van der Waals surface area contributed by atoms with Crippen molar-refractivity contribution in [2.45, 2.75) is 19.4 Å². The minimum atomic E-state index is -0.235. The third kappa shape index (κ3) is 1.84. The van der Waals surface area contributed by atoms with E-state index >= 15 is 0 Å². The van der Waals surface area contributed by atoms with Gasteiger partial charge in [0.05, 0.1) is 12.6 Å². The third-order valence-electron chi connectivity index (χ3n) is 2.03. The summed E-state index contributed by atoms with van der Waals surface area (Å²) < 4.78 is 0. The molecule has 1 aromatic carbocycles. The molecule has 0 fully saturated rings. The molecule has 0 saturated heterocycles. The largest absolute Gasteiger partial charge is 0.394 e. The summed E-state index contributed by atoms with van der Waals surface area (Å²) in [5, 5.41) is 8.88. The van der Waals surface area contributed by atoms with E-state index in [0.717, 1.165) is 12.0 Å². The van der Waals surface area contributed by atoms with Crippen molar-refractivity contribution >= 4 is 0 Å². The number of aliphatic hydroxyl groups excluding tert-OH is 1. The zero-order valence-electron chi connectivity index (χ0n) is 7.33. The van der Waals surface area contributed by atoms with Crippen molar-refractivity contribution in [1.82, 2.24) is 0 Å². The number of rotatable bonds is 3. The Morgan fingerprint density at radius 1 is 1.42 bits per heavy atom. The Labute approximate surface area is 73.0 Å². The van der Waals surface area contributed by atoms with Crippen molar-refractivity contribution < 1.29 is 5.11 Å². The van der Waals surface area contributed by atoms with Crippen LogP contribution in [0.5, 0.6) is 0 Å². The first-order valence-electron chi connectivity index (χ1n) is 4.23. The van der Waals surface area contributed by atoms with Crippen LogP contribution in [0.25, 0.3) is 0 Å². The van der Waals surface area contributed by atoms with Gasteiger partial charge in [-0.15, -0.1) is 0 Å². The number of benzene rings is 1. The predicted octanol–water partition coefficient (Wildman–Crippen LogP) is 1.24. The van der Waals surface area contributed by atoms with E-state index < -0.39 is 0 Å². The Morgan fingerprint density at radius 2 is 2.08 bits per heavy atom. The molecule has 66 valence electrons.